The molecule has 0 aliphatic rings. The normalized spacial score (nSPS) is 12.6. The third-order valence-corrected chi connectivity index (χ3v) is 2.65. The fraction of sp³-hybridized carbons (Fsp3) is 0.571. The lowest BCUT2D eigenvalue weighted by molar-refractivity contribution is 0.172. The largest absolute Gasteiger partial charge is 0.497 e. The van der Waals surface area contributed by atoms with E-state index in [9.17, 15) is 5.11 Å². The number of benzene rings is 1. The van der Waals surface area contributed by atoms with E-state index < -0.39 is 6.10 Å². The molecule has 18 heavy (non-hydrogen) atoms. The van der Waals surface area contributed by atoms with Crippen LogP contribution in [0, 0.1) is 5.92 Å². The highest BCUT2D eigenvalue weighted by Crippen LogP contribution is 2.26. The summed E-state index contributed by atoms with van der Waals surface area (Å²) >= 11 is 0. The number of ether oxygens (including phenoxy) is 2. The molecule has 2 N–H and O–H groups in total. The molecule has 0 aliphatic heterocycles. The van der Waals surface area contributed by atoms with Gasteiger partial charge in [0, 0.05) is 12.6 Å². The van der Waals surface area contributed by atoms with E-state index in [1.807, 2.05) is 12.1 Å². The van der Waals surface area contributed by atoms with Crippen molar-refractivity contribution in [1.29, 1.82) is 0 Å². The zero-order chi connectivity index (χ0) is 13.5. The van der Waals surface area contributed by atoms with Crippen LogP contribution in [0.25, 0.3) is 0 Å². The molecule has 0 spiro atoms. The summed E-state index contributed by atoms with van der Waals surface area (Å²) in [4.78, 5) is 0. The molecule has 4 heteroatoms. The molecule has 0 heterocycles. The lowest BCUT2D eigenvalue weighted by Crippen LogP contribution is -2.25. The lowest BCUT2D eigenvalue weighted by Gasteiger charge is -2.15. The van der Waals surface area contributed by atoms with E-state index in [-0.39, 0.29) is 0 Å². The summed E-state index contributed by atoms with van der Waals surface area (Å²) in [5.74, 6) is 1.94. The number of hydrogen-bond acceptors (Lipinski definition) is 4. The average molecular weight is 253 g/mol. The molecule has 4 nitrogen and oxygen atoms in total. The minimum Gasteiger partial charge on any atom is -0.497 e. The van der Waals surface area contributed by atoms with Gasteiger partial charge in [-0.15, -0.1) is 0 Å². The van der Waals surface area contributed by atoms with Gasteiger partial charge in [-0.25, -0.2) is 0 Å². The van der Waals surface area contributed by atoms with Gasteiger partial charge in [0.1, 0.15) is 11.5 Å². The predicted molar refractivity (Wildman–Crippen MR) is 72.2 cm³/mol. The molecule has 0 amide bonds. The van der Waals surface area contributed by atoms with E-state index in [2.05, 4.69) is 19.2 Å². The van der Waals surface area contributed by atoms with Gasteiger partial charge in [-0.2, -0.15) is 0 Å². The van der Waals surface area contributed by atoms with Gasteiger partial charge in [-0.3, -0.25) is 0 Å². The van der Waals surface area contributed by atoms with Gasteiger partial charge in [0.05, 0.1) is 20.3 Å². The van der Waals surface area contributed by atoms with Crippen LogP contribution >= 0.6 is 0 Å². The second kappa shape index (κ2) is 7.24. The topological polar surface area (TPSA) is 50.7 Å². The maximum atomic E-state index is 10.1. The fourth-order valence-electron chi connectivity index (χ4n) is 1.65. The Morgan fingerprint density at radius 2 is 1.61 bits per heavy atom. The molecule has 1 aromatic carbocycles. The Bertz CT molecular complexity index is 344. The van der Waals surface area contributed by atoms with Crippen LogP contribution in [0.1, 0.15) is 25.5 Å². The third kappa shape index (κ3) is 4.55. The quantitative estimate of drug-likeness (QED) is 0.780. The summed E-state index contributed by atoms with van der Waals surface area (Å²) < 4.78 is 10.4. The standard InChI is InChI=1S/C14H23NO3/c1-10(2)8-15-9-14(16)11-5-12(17-3)7-13(6-11)18-4/h5-7,10,14-16H,8-9H2,1-4H3. The average Bonchev–Trinajstić information content (AvgIpc) is 2.37. The van der Waals surface area contributed by atoms with E-state index >= 15 is 0 Å². The highest BCUT2D eigenvalue weighted by atomic mass is 16.5. The van der Waals surface area contributed by atoms with Crippen molar-refractivity contribution in [3.8, 4) is 11.5 Å². The minimum atomic E-state index is -0.562. The summed E-state index contributed by atoms with van der Waals surface area (Å²) in [6, 6.07) is 5.44. The van der Waals surface area contributed by atoms with Gasteiger partial charge in [0.2, 0.25) is 0 Å². The maximum Gasteiger partial charge on any atom is 0.122 e. The molecule has 0 bridgehead atoms. The molecule has 0 fully saturated rings. The lowest BCUT2D eigenvalue weighted by atomic mass is 10.1. The van der Waals surface area contributed by atoms with Crippen LogP contribution in [0.5, 0.6) is 11.5 Å². The van der Waals surface area contributed by atoms with Crippen LogP contribution in [-0.2, 0) is 0 Å². The molecule has 102 valence electrons. The van der Waals surface area contributed by atoms with Crippen molar-refractivity contribution >= 4 is 0 Å². The zero-order valence-corrected chi connectivity index (χ0v) is 11.6. The molecular weight excluding hydrogens is 230 g/mol. The Morgan fingerprint density at radius 3 is 2.06 bits per heavy atom. The molecule has 1 atom stereocenters. The molecule has 1 aromatic rings. The third-order valence-electron chi connectivity index (χ3n) is 2.65. The van der Waals surface area contributed by atoms with Crippen LogP contribution in [-0.4, -0.2) is 32.4 Å². The van der Waals surface area contributed by atoms with Crippen LogP contribution in [0.15, 0.2) is 18.2 Å². The zero-order valence-electron chi connectivity index (χ0n) is 11.6. The fourth-order valence-corrected chi connectivity index (χ4v) is 1.65. The van der Waals surface area contributed by atoms with Crippen molar-refractivity contribution in [3.63, 3.8) is 0 Å². The van der Waals surface area contributed by atoms with Crippen LogP contribution in [0.4, 0.5) is 0 Å². The maximum absolute atomic E-state index is 10.1. The number of aliphatic hydroxyl groups is 1. The molecule has 0 saturated carbocycles. The first-order chi connectivity index (χ1) is 8.56. The van der Waals surface area contributed by atoms with E-state index in [1.165, 1.54) is 0 Å². The molecule has 1 rings (SSSR count). The van der Waals surface area contributed by atoms with E-state index in [4.69, 9.17) is 9.47 Å². The second-order valence-electron chi connectivity index (χ2n) is 4.71. The minimum absolute atomic E-state index is 0.522. The van der Waals surface area contributed by atoms with Crippen molar-refractivity contribution in [2.75, 3.05) is 27.3 Å². The number of rotatable bonds is 7. The van der Waals surface area contributed by atoms with Gasteiger partial charge in [0.25, 0.3) is 0 Å². The number of aliphatic hydroxyl groups excluding tert-OH is 1. The van der Waals surface area contributed by atoms with Crippen molar-refractivity contribution < 1.29 is 14.6 Å². The summed E-state index contributed by atoms with van der Waals surface area (Å²) in [5, 5.41) is 13.3. The van der Waals surface area contributed by atoms with Crippen LogP contribution < -0.4 is 14.8 Å². The Kier molecular flexibility index (Phi) is 5.95. The Hall–Kier alpha value is -1.26. The molecule has 0 radical (unpaired) electrons. The van der Waals surface area contributed by atoms with Crippen LogP contribution in [0.3, 0.4) is 0 Å². The van der Waals surface area contributed by atoms with Gasteiger partial charge in [-0.1, -0.05) is 13.8 Å². The van der Waals surface area contributed by atoms with Gasteiger partial charge in [0.15, 0.2) is 0 Å². The second-order valence-corrected chi connectivity index (χ2v) is 4.71. The highest BCUT2D eigenvalue weighted by Gasteiger charge is 2.10. The summed E-state index contributed by atoms with van der Waals surface area (Å²) in [6.45, 7) is 5.68. The van der Waals surface area contributed by atoms with Gasteiger partial charge in [-0.05, 0) is 30.2 Å². The first-order valence-electron chi connectivity index (χ1n) is 6.18. The number of hydrogen-bond donors (Lipinski definition) is 2. The van der Waals surface area contributed by atoms with E-state index in [0.29, 0.717) is 24.0 Å². The Labute approximate surface area is 109 Å². The highest BCUT2D eigenvalue weighted by molar-refractivity contribution is 5.39. The first-order valence-corrected chi connectivity index (χ1v) is 6.18. The van der Waals surface area contributed by atoms with Gasteiger partial charge >= 0.3 is 0 Å². The number of methoxy groups -OCH3 is 2. The van der Waals surface area contributed by atoms with Gasteiger partial charge < -0.3 is 19.9 Å². The van der Waals surface area contributed by atoms with Crippen molar-refractivity contribution in [3.05, 3.63) is 23.8 Å². The van der Waals surface area contributed by atoms with Crippen LogP contribution in [0.2, 0.25) is 0 Å². The van der Waals surface area contributed by atoms with Crippen molar-refractivity contribution in [1.82, 2.24) is 5.32 Å². The van der Waals surface area contributed by atoms with Crippen molar-refractivity contribution in [2.24, 2.45) is 5.92 Å². The predicted octanol–water partition coefficient (Wildman–Crippen LogP) is 1.98. The molecule has 0 aromatic heterocycles. The molecular formula is C14H23NO3. The first kappa shape index (κ1) is 14.8. The summed E-state index contributed by atoms with van der Waals surface area (Å²) in [7, 11) is 3.20. The van der Waals surface area contributed by atoms with E-state index in [1.54, 1.807) is 20.3 Å². The Balaban J connectivity index is 2.68. The molecule has 0 aliphatic carbocycles. The summed E-state index contributed by atoms with van der Waals surface area (Å²) in [6.07, 6.45) is -0.562. The Morgan fingerprint density at radius 1 is 1.06 bits per heavy atom. The smallest absolute Gasteiger partial charge is 0.122 e. The monoisotopic (exact) mass is 253 g/mol. The summed E-state index contributed by atoms with van der Waals surface area (Å²) in [5.41, 5.74) is 0.794. The van der Waals surface area contributed by atoms with E-state index in [0.717, 1.165) is 12.1 Å². The SMILES string of the molecule is COc1cc(OC)cc(C(O)CNCC(C)C)c1. The number of nitrogens with one attached hydrogen (secondary N) is 1. The molecule has 1 unspecified atom stereocenters. The van der Waals surface area contributed by atoms with Crippen molar-refractivity contribution in [2.45, 2.75) is 20.0 Å². The molecule has 0 saturated heterocycles.